The Kier molecular flexibility index (Phi) is 5.10. The van der Waals surface area contributed by atoms with Crippen molar-refractivity contribution in [3.05, 3.63) is 52.5 Å². The first-order valence-electron chi connectivity index (χ1n) is 8.83. The number of likely N-dealkylation sites (tertiary alicyclic amines) is 1. The number of pyridine rings is 1. The first kappa shape index (κ1) is 16.7. The molecule has 4 rings (SSSR count). The maximum Gasteiger partial charge on any atom is 0.227 e. The minimum atomic E-state index is 0.228. The Bertz CT molecular complexity index is 692. The van der Waals surface area contributed by atoms with Gasteiger partial charge in [-0.1, -0.05) is 0 Å². The van der Waals surface area contributed by atoms with Gasteiger partial charge in [0.2, 0.25) is 5.91 Å². The van der Waals surface area contributed by atoms with Gasteiger partial charge in [-0.2, -0.15) is 11.3 Å². The summed E-state index contributed by atoms with van der Waals surface area (Å²) in [5.74, 6) is 0.228. The lowest BCUT2D eigenvalue weighted by Crippen LogP contribution is -2.60. The molecule has 2 aliphatic rings. The van der Waals surface area contributed by atoms with E-state index in [1.807, 2.05) is 28.7 Å². The standard InChI is InChI=1S/C19H23N3O2S/c23-19(11-16-4-10-25-14-16)22-7-3-18-17(13-22)21(8-9-24-18)12-15-1-5-20-6-2-15/h1-2,4-6,10,14,17-18H,3,7-9,11-13H2/t17-,18-/m1/s1. The number of carbonyl (C=O) groups is 1. The fourth-order valence-electron chi connectivity index (χ4n) is 3.77. The zero-order valence-electron chi connectivity index (χ0n) is 14.2. The second-order valence-corrected chi connectivity index (χ2v) is 7.52. The highest BCUT2D eigenvalue weighted by molar-refractivity contribution is 7.08. The van der Waals surface area contributed by atoms with E-state index in [2.05, 4.69) is 27.4 Å². The van der Waals surface area contributed by atoms with E-state index in [4.69, 9.17) is 4.74 Å². The molecule has 132 valence electrons. The number of piperidine rings is 1. The fraction of sp³-hybridized carbons (Fsp3) is 0.474. The predicted molar refractivity (Wildman–Crippen MR) is 97.4 cm³/mol. The summed E-state index contributed by atoms with van der Waals surface area (Å²) in [6.45, 7) is 4.14. The number of carbonyl (C=O) groups excluding carboxylic acids is 1. The Morgan fingerprint density at radius 2 is 2.12 bits per heavy atom. The van der Waals surface area contributed by atoms with E-state index in [0.717, 1.165) is 44.8 Å². The average Bonchev–Trinajstić information content (AvgIpc) is 3.15. The molecule has 0 aliphatic carbocycles. The van der Waals surface area contributed by atoms with Crippen LogP contribution in [-0.4, -0.2) is 59.1 Å². The van der Waals surface area contributed by atoms with Crippen LogP contribution in [0, 0.1) is 0 Å². The van der Waals surface area contributed by atoms with Crippen LogP contribution < -0.4 is 0 Å². The van der Waals surface area contributed by atoms with Gasteiger partial charge in [-0.05, 0) is 46.5 Å². The molecule has 2 atom stereocenters. The quantitative estimate of drug-likeness (QED) is 0.841. The van der Waals surface area contributed by atoms with Gasteiger partial charge in [0.15, 0.2) is 0 Å². The molecular weight excluding hydrogens is 334 g/mol. The van der Waals surface area contributed by atoms with E-state index in [0.29, 0.717) is 6.42 Å². The van der Waals surface area contributed by atoms with Crippen LogP contribution in [0.1, 0.15) is 17.5 Å². The summed E-state index contributed by atoms with van der Waals surface area (Å²) >= 11 is 1.64. The second kappa shape index (κ2) is 7.64. The molecule has 2 fully saturated rings. The Morgan fingerprint density at radius 3 is 2.92 bits per heavy atom. The average molecular weight is 357 g/mol. The lowest BCUT2D eigenvalue weighted by Gasteiger charge is -2.47. The third-order valence-corrected chi connectivity index (χ3v) is 5.85. The number of amides is 1. The number of ether oxygens (including phenoxy) is 1. The van der Waals surface area contributed by atoms with Crippen molar-refractivity contribution in [3.63, 3.8) is 0 Å². The highest BCUT2D eigenvalue weighted by Crippen LogP contribution is 2.25. The Balaban J connectivity index is 1.42. The summed E-state index contributed by atoms with van der Waals surface area (Å²) in [4.78, 5) is 21.2. The van der Waals surface area contributed by atoms with E-state index >= 15 is 0 Å². The van der Waals surface area contributed by atoms with Gasteiger partial charge < -0.3 is 9.64 Å². The van der Waals surface area contributed by atoms with Crippen molar-refractivity contribution in [2.24, 2.45) is 0 Å². The van der Waals surface area contributed by atoms with E-state index in [1.54, 1.807) is 11.3 Å². The molecule has 0 radical (unpaired) electrons. The number of thiophene rings is 1. The lowest BCUT2D eigenvalue weighted by molar-refractivity contribution is -0.142. The highest BCUT2D eigenvalue weighted by atomic mass is 32.1. The molecule has 1 amide bonds. The second-order valence-electron chi connectivity index (χ2n) is 6.74. The summed E-state index contributed by atoms with van der Waals surface area (Å²) in [5.41, 5.74) is 2.38. The van der Waals surface area contributed by atoms with Crippen LogP contribution in [0.2, 0.25) is 0 Å². The molecule has 0 saturated carbocycles. The zero-order valence-corrected chi connectivity index (χ0v) is 15.0. The van der Waals surface area contributed by atoms with E-state index < -0.39 is 0 Å². The third-order valence-electron chi connectivity index (χ3n) is 5.12. The monoisotopic (exact) mass is 357 g/mol. The van der Waals surface area contributed by atoms with Gasteiger partial charge >= 0.3 is 0 Å². The molecule has 0 bridgehead atoms. The number of aromatic nitrogens is 1. The maximum atomic E-state index is 12.7. The van der Waals surface area contributed by atoms with Crippen molar-refractivity contribution in [1.82, 2.24) is 14.8 Å². The van der Waals surface area contributed by atoms with Crippen molar-refractivity contribution in [2.75, 3.05) is 26.2 Å². The highest BCUT2D eigenvalue weighted by Gasteiger charge is 2.38. The van der Waals surface area contributed by atoms with Crippen molar-refractivity contribution in [2.45, 2.75) is 31.5 Å². The molecule has 6 heteroatoms. The number of hydrogen-bond acceptors (Lipinski definition) is 5. The smallest absolute Gasteiger partial charge is 0.227 e. The van der Waals surface area contributed by atoms with Crippen molar-refractivity contribution in [3.8, 4) is 0 Å². The molecule has 0 N–H and O–H groups in total. The van der Waals surface area contributed by atoms with E-state index in [1.165, 1.54) is 5.56 Å². The van der Waals surface area contributed by atoms with E-state index in [-0.39, 0.29) is 18.1 Å². The van der Waals surface area contributed by atoms with Crippen LogP contribution in [0.4, 0.5) is 0 Å². The van der Waals surface area contributed by atoms with Crippen LogP contribution in [0.3, 0.4) is 0 Å². The Morgan fingerprint density at radius 1 is 1.24 bits per heavy atom. The molecule has 2 aliphatic heterocycles. The molecular formula is C19H23N3O2S. The van der Waals surface area contributed by atoms with Gasteiger partial charge in [-0.3, -0.25) is 14.7 Å². The molecule has 4 heterocycles. The van der Waals surface area contributed by atoms with Gasteiger partial charge in [0.05, 0.1) is 25.2 Å². The topological polar surface area (TPSA) is 45.7 Å². The number of fused-ring (bicyclic) bond motifs is 1. The van der Waals surface area contributed by atoms with Crippen molar-refractivity contribution >= 4 is 17.2 Å². The zero-order chi connectivity index (χ0) is 17.1. The minimum Gasteiger partial charge on any atom is -0.375 e. The van der Waals surface area contributed by atoms with Crippen molar-refractivity contribution in [1.29, 1.82) is 0 Å². The van der Waals surface area contributed by atoms with Gasteiger partial charge in [0.1, 0.15) is 0 Å². The van der Waals surface area contributed by atoms with Gasteiger partial charge in [0, 0.05) is 38.6 Å². The van der Waals surface area contributed by atoms with E-state index in [9.17, 15) is 4.79 Å². The number of hydrogen-bond donors (Lipinski definition) is 0. The first-order valence-corrected chi connectivity index (χ1v) is 9.77. The molecule has 5 nitrogen and oxygen atoms in total. The molecule has 2 aromatic rings. The van der Waals surface area contributed by atoms with Crippen LogP contribution in [0.25, 0.3) is 0 Å². The molecule has 0 aromatic carbocycles. The van der Waals surface area contributed by atoms with Crippen LogP contribution in [-0.2, 0) is 22.5 Å². The fourth-order valence-corrected chi connectivity index (χ4v) is 4.44. The number of morpholine rings is 1. The molecule has 0 spiro atoms. The normalized spacial score (nSPS) is 24.1. The van der Waals surface area contributed by atoms with Gasteiger partial charge in [-0.25, -0.2) is 0 Å². The van der Waals surface area contributed by atoms with Gasteiger partial charge in [-0.15, -0.1) is 0 Å². The SMILES string of the molecule is O=C(Cc1ccsc1)N1CC[C@H]2OCCN(Cc3ccncc3)[C@@H]2C1. The Labute approximate surface area is 152 Å². The molecule has 0 unspecified atom stereocenters. The number of rotatable bonds is 4. The molecule has 2 aromatic heterocycles. The maximum absolute atomic E-state index is 12.7. The first-order chi connectivity index (χ1) is 12.3. The largest absolute Gasteiger partial charge is 0.375 e. The summed E-state index contributed by atoms with van der Waals surface area (Å²) in [6.07, 6.45) is 5.34. The van der Waals surface area contributed by atoms with Crippen molar-refractivity contribution < 1.29 is 9.53 Å². The van der Waals surface area contributed by atoms with Crippen LogP contribution in [0.5, 0.6) is 0 Å². The minimum absolute atomic E-state index is 0.228. The summed E-state index contributed by atoms with van der Waals surface area (Å²) in [7, 11) is 0. The third kappa shape index (κ3) is 3.92. The summed E-state index contributed by atoms with van der Waals surface area (Å²) in [5, 5.41) is 4.09. The van der Waals surface area contributed by atoms with Crippen LogP contribution >= 0.6 is 11.3 Å². The lowest BCUT2D eigenvalue weighted by atomic mass is 9.97. The predicted octanol–water partition coefficient (Wildman–Crippen LogP) is 2.19. The molecule has 25 heavy (non-hydrogen) atoms. The number of nitrogens with zero attached hydrogens (tertiary/aromatic N) is 3. The summed E-state index contributed by atoms with van der Waals surface area (Å²) in [6, 6.07) is 6.44. The van der Waals surface area contributed by atoms with Crippen LogP contribution in [0.15, 0.2) is 41.4 Å². The Hall–Kier alpha value is -1.76. The molecule has 2 saturated heterocycles. The summed E-state index contributed by atoms with van der Waals surface area (Å²) < 4.78 is 5.99. The van der Waals surface area contributed by atoms with Gasteiger partial charge in [0.25, 0.3) is 0 Å².